The highest BCUT2D eigenvalue weighted by Gasteiger charge is 2.55. The van der Waals surface area contributed by atoms with Gasteiger partial charge in [0.1, 0.15) is 0 Å². The lowest BCUT2D eigenvalue weighted by Crippen LogP contribution is -2.41. The molecule has 0 bridgehead atoms. The molecule has 0 saturated carbocycles. The monoisotopic (exact) mass is 1670 g/mol. The van der Waals surface area contributed by atoms with Crippen molar-refractivity contribution in [2.45, 2.75) is 193 Å². The lowest BCUT2D eigenvalue weighted by atomic mass is 9.65. The number of nitrogens with zero attached hydrogens (tertiary/aromatic N) is 3. The average Bonchev–Trinajstić information content (AvgIpc) is 0.854. The Morgan fingerprint density at radius 3 is 0.700 bits per heavy atom. The van der Waals surface area contributed by atoms with Crippen LogP contribution in [0, 0.1) is 0 Å². The van der Waals surface area contributed by atoms with E-state index in [4.69, 9.17) is 18.6 Å². The fourth-order valence-corrected chi connectivity index (χ4v) is 23.7. The van der Waals surface area contributed by atoms with E-state index in [9.17, 15) is 0 Å². The zero-order valence-electron chi connectivity index (χ0n) is 72.6. The van der Waals surface area contributed by atoms with Crippen LogP contribution in [-0.4, -0.2) is 36.6 Å². The smallest absolute Gasteiger partial charge is 0.399 e. The van der Waals surface area contributed by atoms with Crippen LogP contribution >= 0.6 is 38.6 Å². The molecule has 0 spiro atoms. The minimum absolute atomic E-state index is 0.0384. The number of hydrogen-bond donors (Lipinski definition) is 0. The Kier molecular flexibility index (Phi) is 16.9. The topological polar surface area (TPSA) is 46.6 Å². The zero-order valence-corrected chi connectivity index (χ0v) is 75.8. The lowest BCUT2D eigenvalue weighted by molar-refractivity contribution is 0.00578. The Hall–Kier alpha value is -9.85. The number of halogens is 1. The van der Waals surface area contributed by atoms with E-state index in [2.05, 4.69) is 424 Å². The maximum Gasteiger partial charge on any atom is 0.494 e. The van der Waals surface area contributed by atoms with Gasteiger partial charge in [-0.2, -0.15) is 0 Å². The van der Waals surface area contributed by atoms with E-state index in [1.54, 1.807) is 11.3 Å². The quantitative estimate of drug-likeness (QED) is 0.163. The van der Waals surface area contributed by atoms with Crippen molar-refractivity contribution in [3.63, 3.8) is 0 Å². The second-order valence-electron chi connectivity index (χ2n) is 39.9. The summed E-state index contributed by atoms with van der Waals surface area (Å²) >= 11 is 7.50. The Morgan fingerprint density at radius 1 is 0.233 bits per heavy atom. The number of benzene rings is 13. The van der Waals surface area contributed by atoms with Crippen LogP contribution in [0.1, 0.15) is 205 Å². The number of para-hydroxylation sites is 6. The van der Waals surface area contributed by atoms with Crippen LogP contribution in [0.3, 0.4) is 0 Å². The van der Waals surface area contributed by atoms with Crippen LogP contribution in [0.25, 0.3) is 62.6 Å². The van der Waals surface area contributed by atoms with Crippen molar-refractivity contribution in [3.8, 4) is 22.3 Å². The van der Waals surface area contributed by atoms with Crippen molar-refractivity contribution < 1.29 is 18.6 Å². The molecule has 10 heterocycles. The predicted octanol–water partition coefficient (Wildman–Crippen LogP) is 28.7. The molecular weight excluding hydrogens is 1570 g/mol. The molecule has 2 saturated heterocycles. The van der Waals surface area contributed by atoms with E-state index >= 15 is 0 Å². The standard InChI is InChI=1S/C60H50N2S.C24H30B2O4S.C24H22BrN/c1-57(2)41-17-9-13-21-49(41)61-50-22-14-10-18-42(50)58(3,4)46-32-37(31-45(57)55(46)61)35-25-27-53-39(29-35)40-30-36(26-28-54(40)63-53)38-33-47-56-48(34-38)60(7,8)44-20-12-16-24-52(44)62(56)51-23-15-11-19-43(51)59(47,5)6;1-21(2)22(3,4)28-25(27-21)15-9-11-19-17(13-15)18-14-16(10-12-20(18)31-19)26-29-23(5,6)24(7,8)30-26;1-23(2)16-9-5-7-11-20(16)26-21-12-8-6-10-17(21)24(3,4)19-14-15(25)13-18(23)22(19)26/h9-34H,1-8H3;9-14H,1-8H3;5-14H,1-4H3. The fourth-order valence-electron chi connectivity index (χ4n) is 21.1. The van der Waals surface area contributed by atoms with Gasteiger partial charge in [-0.1, -0.05) is 245 Å². The molecule has 0 N–H and O–H groups in total. The van der Waals surface area contributed by atoms with Crippen molar-refractivity contribution in [1.29, 1.82) is 0 Å². The molecule has 0 radical (unpaired) electrons. The van der Waals surface area contributed by atoms with Gasteiger partial charge in [0.15, 0.2) is 0 Å². The van der Waals surface area contributed by atoms with E-state index in [1.807, 2.05) is 11.3 Å². The van der Waals surface area contributed by atoms with Crippen molar-refractivity contribution in [3.05, 3.63) is 326 Å². The highest BCUT2D eigenvalue weighted by molar-refractivity contribution is 9.10. The fraction of sp³-hybridized carbons (Fsp3) is 0.278. The summed E-state index contributed by atoms with van der Waals surface area (Å²) in [6.07, 6.45) is 0. The summed E-state index contributed by atoms with van der Waals surface area (Å²) in [4.78, 5) is 7.59. The number of hydrogen-bond acceptors (Lipinski definition) is 9. The predicted molar refractivity (Wildman–Crippen MR) is 512 cm³/mol. The first-order valence-corrected chi connectivity index (χ1v) is 45.2. The van der Waals surface area contributed by atoms with E-state index in [0.29, 0.717) is 0 Å². The Balaban J connectivity index is 0.000000129. The third-order valence-corrected chi connectivity index (χ3v) is 32.4. The highest BCUT2D eigenvalue weighted by Crippen LogP contribution is 2.65. The van der Waals surface area contributed by atoms with Crippen LogP contribution in [0.4, 0.5) is 51.2 Å². The van der Waals surface area contributed by atoms with E-state index in [0.717, 1.165) is 15.4 Å². The van der Waals surface area contributed by atoms with Crippen molar-refractivity contribution in [2.24, 2.45) is 0 Å². The molecule has 15 aromatic rings. The minimum atomic E-state index is -0.365. The van der Waals surface area contributed by atoms with Crippen LogP contribution in [-0.2, 0) is 51.1 Å². The molecule has 2 aromatic heterocycles. The summed E-state index contributed by atoms with van der Waals surface area (Å²) in [7, 11) is -0.730. The first kappa shape index (κ1) is 77.5. The second-order valence-corrected chi connectivity index (χ2v) is 42.9. The van der Waals surface area contributed by atoms with Crippen LogP contribution < -0.4 is 25.6 Å². The number of thiophene rings is 2. The van der Waals surface area contributed by atoms with Gasteiger partial charge in [0.05, 0.1) is 73.6 Å². The maximum atomic E-state index is 6.28. The molecule has 0 aliphatic carbocycles. The van der Waals surface area contributed by atoms with Gasteiger partial charge in [0.2, 0.25) is 0 Å². The third kappa shape index (κ3) is 11.1. The van der Waals surface area contributed by atoms with Gasteiger partial charge >= 0.3 is 14.2 Å². The number of rotatable bonds is 4. The largest absolute Gasteiger partial charge is 0.494 e. The first-order valence-electron chi connectivity index (χ1n) is 42.7. The molecule has 13 aromatic carbocycles. The SMILES string of the molecule is CC1(C)OB(c2ccc3sc4ccc(B5OC(C)(C)C(C)(C)O5)cc4c3c2)OC1(C)C.CC1(C)c2ccccc2N2c3ccccc3C(C)(C)c3cc(-c4ccc5sc6ccc(-c7cc8c9c(c7)C(C)(C)c7ccccc7N9c7ccccc7C8(C)C)cc6c5c4)cc1c32.CC1(C)c2ccccc2N2c3ccccc3C(C)(C)c3cc(Br)cc1c32. The molecule has 8 aliphatic rings. The first-order chi connectivity index (χ1) is 56.9. The molecule has 23 rings (SSSR count). The van der Waals surface area contributed by atoms with E-state index < -0.39 is 0 Å². The van der Waals surface area contributed by atoms with Crippen LogP contribution in [0.15, 0.2) is 259 Å². The van der Waals surface area contributed by atoms with Gasteiger partial charge < -0.3 is 33.3 Å². The van der Waals surface area contributed by atoms with Crippen molar-refractivity contribution in [1.82, 2.24) is 0 Å². The van der Waals surface area contributed by atoms with Gasteiger partial charge in [-0.05, 0) is 275 Å². The summed E-state index contributed by atoms with van der Waals surface area (Å²) in [6, 6.07) is 95.9. The zero-order chi connectivity index (χ0) is 83.6. The Bertz CT molecular complexity index is 6320. The molecular formula is C108H102B2BrN3O4S2. The average molecular weight is 1670 g/mol. The molecule has 2 fully saturated rings. The van der Waals surface area contributed by atoms with Crippen LogP contribution in [0.5, 0.6) is 0 Å². The Morgan fingerprint density at radius 2 is 0.450 bits per heavy atom. The molecule has 0 amide bonds. The molecule has 7 nitrogen and oxygen atoms in total. The molecule has 598 valence electrons. The van der Waals surface area contributed by atoms with E-state index in [-0.39, 0.29) is 69.1 Å². The summed E-state index contributed by atoms with van der Waals surface area (Å²) in [5.41, 5.74) is 33.4. The van der Waals surface area contributed by atoms with E-state index in [1.165, 1.54) is 181 Å². The number of fused-ring (bicyclic) bond motifs is 18. The van der Waals surface area contributed by atoms with Gasteiger partial charge in [-0.25, -0.2) is 0 Å². The molecule has 120 heavy (non-hydrogen) atoms. The summed E-state index contributed by atoms with van der Waals surface area (Å²) in [5.74, 6) is 0. The third-order valence-electron chi connectivity index (χ3n) is 29.6. The van der Waals surface area contributed by atoms with Gasteiger partial charge in [0.25, 0.3) is 0 Å². The Labute approximate surface area is 724 Å². The van der Waals surface area contributed by atoms with Gasteiger partial charge in [0, 0.05) is 66.5 Å². The molecule has 0 atom stereocenters. The molecule has 0 unspecified atom stereocenters. The van der Waals surface area contributed by atoms with Crippen LogP contribution in [0.2, 0.25) is 0 Å². The summed E-state index contributed by atoms with van der Waals surface area (Å²) in [6.45, 7) is 45.4. The maximum absolute atomic E-state index is 6.28. The second kappa shape index (κ2) is 26.1. The minimum Gasteiger partial charge on any atom is -0.399 e. The summed E-state index contributed by atoms with van der Waals surface area (Å²) in [5, 5.41) is 5.08. The lowest BCUT2D eigenvalue weighted by Gasteiger charge is -2.49. The van der Waals surface area contributed by atoms with Gasteiger partial charge in [-0.3, -0.25) is 0 Å². The normalized spacial score (nSPS) is 19.2. The number of anilines is 9. The van der Waals surface area contributed by atoms with Crippen molar-refractivity contribution in [2.75, 3.05) is 14.7 Å². The molecule has 12 heteroatoms. The highest BCUT2D eigenvalue weighted by atomic mass is 79.9. The summed E-state index contributed by atoms with van der Waals surface area (Å²) < 4.78 is 31.4. The van der Waals surface area contributed by atoms with Crippen molar-refractivity contribution >= 4 is 155 Å². The van der Waals surface area contributed by atoms with Gasteiger partial charge in [-0.15, -0.1) is 22.7 Å². The molecule has 8 aliphatic heterocycles.